The van der Waals surface area contributed by atoms with E-state index >= 15 is 0 Å². The molecule has 210 valence electrons. The maximum Gasteiger partial charge on any atom is 0.209 e. The molecule has 0 aromatic heterocycles. The molecule has 40 heavy (non-hydrogen) atoms. The molecule has 3 aliphatic rings. The van der Waals surface area contributed by atoms with Gasteiger partial charge in [0.15, 0.2) is 5.71 Å². The summed E-state index contributed by atoms with van der Waals surface area (Å²) in [4.78, 5) is 2.53. The minimum absolute atomic E-state index is 0.0272. The molecule has 0 radical (unpaired) electrons. The number of allylic oxidation sites excluding steroid dienone is 8. The fourth-order valence-electron chi connectivity index (χ4n) is 6.76. The summed E-state index contributed by atoms with van der Waals surface area (Å²) in [6, 6.07) is 17.8. The van der Waals surface area contributed by atoms with Gasteiger partial charge in [0.05, 0.1) is 5.41 Å². The van der Waals surface area contributed by atoms with Gasteiger partial charge < -0.3 is 4.90 Å². The molecular weight excluding hydrogens is 508 g/mol. The number of unbranched alkanes of at least 4 members (excludes halogenated alkanes) is 2. The zero-order chi connectivity index (χ0) is 28.5. The fraction of sp³-hybridized carbons (Fsp3) is 0.432. The van der Waals surface area contributed by atoms with Crippen LogP contribution in [0.2, 0.25) is 0 Å². The molecule has 0 atom stereocenters. The second-order valence-electron chi connectivity index (χ2n) is 12.6. The predicted octanol–water partition coefficient (Wildman–Crippen LogP) is 10.1. The smallest absolute Gasteiger partial charge is 0.209 e. The summed E-state index contributed by atoms with van der Waals surface area (Å²) < 4.78 is 2.53. The summed E-state index contributed by atoms with van der Waals surface area (Å²) in [6.45, 7) is 16.0. The molecule has 2 nitrogen and oxygen atoms in total. The fourth-order valence-corrected chi connectivity index (χ4v) is 7.08. The third kappa shape index (κ3) is 5.05. The third-order valence-electron chi connectivity index (χ3n) is 9.18. The summed E-state index contributed by atoms with van der Waals surface area (Å²) in [5.74, 6) is 0. The van der Waals surface area contributed by atoms with Crippen LogP contribution in [0.3, 0.4) is 0 Å². The topological polar surface area (TPSA) is 6.25 Å². The van der Waals surface area contributed by atoms with Crippen LogP contribution in [0.25, 0.3) is 0 Å². The average molecular weight is 554 g/mol. The normalized spacial score (nSPS) is 21.4. The Morgan fingerprint density at radius 2 is 1.52 bits per heavy atom. The molecule has 0 saturated carbocycles. The van der Waals surface area contributed by atoms with Crippen molar-refractivity contribution in [2.45, 2.75) is 90.9 Å². The molecule has 0 amide bonds. The van der Waals surface area contributed by atoms with Crippen LogP contribution < -0.4 is 4.90 Å². The van der Waals surface area contributed by atoms with Crippen molar-refractivity contribution in [2.75, 3.05) is 18.0 Å². The van der Waals surface area contributed by atoms with Crippen LogP contribution >= 0.6 is 11.6 Å². The van der Waals surface area contributed by atoms with Gasteiger partial charge in [0, 0.05) is 52.5 Å². The van der Waals surface area contributed by atoms with Gasteiger partial charge in [0.25, 0.3) is 0 Å². The number of para-hydroxylation sites is 2. The highest BCUT2D eigenvalue weighted by molar-refractivity contribution is 6.33. The lowest BCUT2D eigenvalue weighted by atomic mass is 9.81. The van der Waals surface area contributed by atoms with Crippen molar-refractivity contribution < 1.29 is 4.58 Å². The molecule has 0 bridgehead atoms. The third-order valence-corrected chi connectivity index (χ3v) is 9.67. The Hall–Kier alpha value is -2.84. The summed E-state index contributed by atoms with van der Waals surface area (Å²) in [6.07, 6.45) is 16.0. The maximum absolute atomic E-state index is 7.07. The number of hydrogen-bond donors (Lipinski definition) is 0. The molecule has 2 heterocycles. The number of nitrogens with zero attached hydrogens (tertiary/aromatic N) is 2. The molecule has 0 N–H and O–H groups in total. The summed E-state index contributed by atoms with van der Waals surface area (Å²) >= 11 is 7.07. The van der Waals surface area contributed by atoms with Crippen molar-refractivity contribution >= 4 is 28.7 Å². The van der Waals surface area contributed by atoms with Crippen molar-refractivity contribution in [2.24, 2.45) is 0 Å². The molecular formula is C37H46ClN2+. The number of hydrogen-bond acceptors (Lipinski definition) is 1. The van der Waals surface area contributed by atoms with Crippen LogP contribution in [-0.2, 0) is 10.8 Å². The van der Waals surface area contributed by atoms with Crippen LogP contribution in [-0.4, -0.2) is 23.4 Å². The monoisotopic (exact) mass is 553 g/mol. The lowest BCUT2D eigenvalue weighted by Gasteiger charge is -2.27. The Labute approximate surface area is 247 Å². The Morgan fingerprint density at radius 3 is 2.27 bits per heavy atom. The Morgan fingerprint density at radius 1 is 0.825 bits per heavy atom. The molecule has 1 aliphatic carbocycles. The lowest BCUT2D eigenvalue weighted by Crippen LogP contribution is -2.28. The number of anilines is 1. The highest BCUT2D eigenvalue weighted by Crippen LogP contribution is 2.48. The molecule has 3 heteroatoms. The summed E-state index contributed by atoms with van der Waals surface area (Å²) in [5.41, 5.74) is 10.7. The molecule has 0 unspecified atom stereocenters. The van der Waals surface area contributed by atoms with Crippen molar-refractivity contribution in [1.29, 1.82) is 0 Å². The average Bonchev–Trinajstić information content (AvgIpc) is 3.48. The molecule has 2 aromatic rings. The number of halogens is 1. The van der Waals surface area contributed by atoms with Crippen LogP contribution in [0.4, 0.5) is 11.4 Å². The minimum Gasteiger partial charge on any atom is -0.344 e. The first kappa shape index (κ1) is 28.7. The summed E-state index contributed by atoms with van der Waals surface area (Å²) in [7, 11) is 0. The SMILES string of the molecule is CCCCN1/C(=C/C=C2\CCC(/C=C/C3=[N+](CCCC)c4ccccc4C3(C)C)=C2Cl)C(C)(C)c2ccccc21. The molecule has 0 saturated heterocycles. The van der Waals surface area contributed by atoms with E-state index in [0.717, 1.165) is 31.0 Å². The highest BCUT2D eigenvalue weighted by Gasteiger charge is 2.44. The van der Waals surface area contributed by atoms with Gasteiger partial charge in [-0.05, 0) is 62.0 Å². The quantitative estimate of drug-likeness (QED) is 0.280. The van der Waals surface area contributed by atoms with E-state index in [9.17, 15) is 0 Å². The zero-order valence-electron chi connectivity index (χ0n) is 25.4. The lowest BCUT2D eigenvalue weighted by molar-refractivity contribution is -0.438. The molecule has 2 aliphatic heterocycles. The minimum atomic E-state index is -0.0272. The van der Waals surface area contributed by atoms with Crippen molar-refractivity contribution in [3.8, 4) is 0 Å². The first-order chi connectivity index (χ1) is 19.2. The Bertz CT molecular complexity index is 1430. The molecule has 5 rings (SSSR count). The Kier molecular flexibility index (Phi) is 8.30. The van der Waals surface area contributed by atoms with Crippen LogP contribution in [0.15, 0.2) is 94.7 Å². The van der Waals surface area contributed by atoms with Crippen molar-refractivity contribution in [3.05, 3.63) is 106 Å². The number of fused-ring (bicyclic) bond motifs is 2. The van der Waals surface area contributed by atoms with Crippen molar-refractivity contribution in [3.63, 3.8) is 0 Å². The first-order valence-corrected chi connectivity index (χ1v) is 15.7. The first-order valence-electron chi connectivity index (χ1n) is 15.3. The van der Waals surface area contributed by atoms with E-state index in [1.807, 2.05) is 0 Å². The number of benzene rings is 2. The number of rotatable bonds is 9. The maximum atomic E-state index is 7.07. The van der Waals surface area contributed by atoms with Gasteiger partial charge in [-0.25, -0.2) is 0 Å². The molecule has 2 aromatic carbocycles. The predicted molar refractivity (Wildman–Crippen MR) is 173 cm³/mol. The van der Waals surface area contributed by atoms with Gasteiger partial charge in [-0.2, -0.15) is 4.58 Å². The van der Waals surface area contributed by atoms with Crippen LogP contribution in [0.5, 0.6) is 0 Å². The largest absolute Gasteiger partial charge is 0.344 e. The van der Waals surface area contributed by atoms with Crippen LogP contribution in [0.1, 0.15) is 91.2 Å². The van der Waals surface area contributed by atoms with Gasteiger partial charge >= 0.3 is 0 Å². The standard InChI is InChI=1S/C37H46ClN2/c1-7-9-25-39-31-17-13-11-15-29(31)36(3,4)33(39)23-21-27-19-20-28(35(27)38)22-24-34-37(5,6)30-16-12-14-18-32(30)40(34)26-10-8-2/h11-18,21-24H,7-10,19-20,25-26H2,1-6H3/q+1. The van der Waals surface area contributed by atoms with Gasteiger partial charge in [-0.3, -0.25) is 0 Å². The second-order valence-corrected chi connectivity index (χ2v) is 13.0. The Balaban J connectivity index is 1.45. The van der Waals surface area contributed by atoms with E-state index in [1.165, 1.54) is 70.7 Å². The van der Waals surface area contributed by atoms with E-state index in [1.54, 1.807) is 0 Å². The molecule has 0 fully saturated rings. The molecule has 0 spiro atoms. The summed E-state index contributed by atoms with van der Waals surface area (Å²) in [5, 5.41) is 0.926. The van der Waals surface area contributed by atoms with Crippen molar-refractivity contribution in [1.82, 2.24) is 0 Å². The van der Waals surface area contributed by atoms with E-state index in [4.69, 9.17) is 11.6 Å². The van der Waals surface area contributed by atoms with E-state index < -0.39 is 0 Å². The van der Waals surface area contributed by atoms with Gasteiger partial charge in [0.2, 0.25) is 5.69 Å². The van der Waals surface area contributed by atoms with E-state index in [0.29, 0.717) is 0 Å². The van der Waals surface area contributed by atoms with E-state index in [2.05, 4.69) is 124 Å². The zero-order valence-corrected chi connectivity index (χ0v) is 26.1. The highest BCUT2D eigenvalue weighted by atomic mass is 35.5. The van der Waals surface area contributed by atoms with E-state index in [-0.39, 0.29) is 10.8 Å². The van der Waals surface area contributed by atoms with Gasteiger partial charge in [0.1, 0.15) is 6.54 Å². The second kappa shape index (κ2) is 11.6. The van der Waals surface area contributed by atoms with Gasteiger partial charge in [-0.1, -0.05) is 101 Å². The van der Waals surface area contributed by atoms with Crippen LogP contribution in [0, 0.1) is 0 Å². The van der Waals surface area contributed by atoms with Gasteiger partial charge in [-0.15, -0.1) is 0 Å².